The minimum absolute atomic E-state index is 0.186. The number of carbonyl (C=O) groups excluding carboxylic acids is 1. The molecule has 0 amide bonds. The minimum atomic E-state index is -8.70. The van der Waals surface area contributed by atoms with Gasteiger partial charge in [-0.15, -0.1) is 0 Å². The maximum absolute atomic E-state index is 13.7. The summed E-state index contributed by atoms with van der Waals surface area (Å²) in [6, 6.07) is 0. The molecule has 0 heterocycles. The Morgan fingerprint density at radius 2 is 0.909 bits per heavy atom. The van der Waals surface area contributed by atoms with Gasteiger partial charge in [-0.3, -0.25) is 0 Å². The van der Waals surface area contributed by atoms with Crippen LogP contribution in [0.5, 0.6) is 0 Å². The highest BCUT2D eigenvalue weighted by molar-refractivity contribution is 5.82. The number of carbonyl (C=O) groups is 1. The number of hydrogen-bond donors (Lipinski definition) is 0. The lowest BCUT2D eigenvalue weighted by atomic mass is 9.88. The highest BCUT2D eigenvalue weighted by atomic mass is 19.4. The lowest BCUT2D eigenvalue weighted by Gasteiger charge is -2.43. The van der Waals surface area contributed by atoms with Gasteiger partial charge in [-0.05, 0) is 13.8 Å². The summed E-state index contributed by atoms with van der Waals surface area (Å²) in [5.74, 6) is -59.3. The quantitative estimate of drug-likeness (QED) is 0.193. The van der Waals surface area contributed by atoms with Crippen molar-refractivity contribution in [2.24, 2.45) is 0 Å². The molecule has 0 aromatic carbocycles. The molecule has 0 saturated heterocycles. The number of allylic oxidation sites excluding steroid dienone is 1. The van der Waals surface area contributed by atoms with Gasteiger partial charge in [-0.1, -0.05) is 6.08 Å². The van der Waals surface area contributed by atoms with Gasteiger partial charge in [0.05, 0.1) is 0 Å². The van der Waals surface area contributed by atoms with Crippen molar-refractivity contribution >= 4 is 5.97 Å². The van der Waals surface area contributed by atoms with Gasteiger partial charge in [0.2, 0.25) is 0 Å². The molecule has 196 valence electrons. The Balaban J connectivity index is 6.67. The summed E-state index contributed by atoms with van der Waals surface area (Å²) in [6.07, 6.45) is -10.8. The first kappa shape index (κ1) is 31.0. The van der Waals surface area contributed by atoms with Gasteiger partial charge in [0, 0.05) is 6.08 Å². The first-order chi connectivity index (χ1) is 14.1. The summed E-state index contributed by atoms with van der Waals surface area (Å²) in [4.78, 5) is 10.9. The van der Waals surface area contributed by atoms with Crippen molar-refractivity contribution in [3.8, 4) is 0 Å². The van der Waals surface area contributed by atoms with Crippen LogP contribution in [0.1, 0.15) is 13.8 Å². The molecular formula is C14H9F17O2. The van der Waals surface area contributed by atoms with E-state index in [1.54, 1.807) is 0 Å². The molecule has 19 heteroatoms. The SMILES string of the molecule is CC=CC(=O)OC(C)C(F)(F)C(F)(F)C(F)(F)C(F)(F)C(F)(F)C(F)(F)C(F)(F)C(F)(F)F. The molecule has 2 nitrogen and oxygen atoms in total. The summed E-state index contributed by atoms with van der Waals surface area (Å²) in [5, 5.41) is 0. The van der Waals surface area contributed by atoms with E-state index >= 15 is 0 Å². The standard InChI is InChI=1S/C14H9F17O2/c1-3-4-6(32)33-5(2)7(15,16)8(17,18)9(19,20)10(21,22)11(23,24)12(25,26)13(27,28)14(29,30)31/h3-5H,1-2H3. The third-order valence-electron chi connectivity index (χ3n) is 3.85. The molecule has 0 aliphatic rings. The predicted octanol–water partition coefficient (Wildman–Crippen LogP) is 6.50. The predicted molar refractivity (Wildman–Crippen MR) is 71.1 cm³/mol. The molecule has 0 saturated carbocycles. The maximum Gasteiger partial charge on any atom is 0.460 e. The highest BCUT2D eigenvalue weighted by Crippen LogP contribution is 2.64. The Morgan fingerprint density at radius 3 is 1.21 bits per heavy atom. The van der Waals surface area contributed by atoms with E-state index in [4.69, 9.17) is 0 Å². The molecule has 0 bridgehead atoms. The van der Waals surface area contributed by atoms with Crippen LogP contribution < -0.4 is 0 Å². The van der Waals surface area contributed by atoms with Crippen LogP contribution in [0.3, 0.4) is 0 Å². The topological polar surface area (TPSA) is 26.3 Å². The van der Waals surface area contributed by atoms with E-state index < -0.39 is 59.7 Å². The number of halogens is 17. The molecule has 0 aliphatic heterocycles. The van der Waals surface area contributed by atoms with Crippen molar-refractivity contribution in [2.75, 3.05) is 0 Å². The van der Waals surface area contributed by atoms with Gasteiger partial charge in [0.15, 0.2) is 6.10 Å². The molecule has 1 atom stereocenters. The molecule has 33 heavy (non-hydrogen) atoms. The number of ether oxygens (including phenoxy) is 1. The van der Waals surface area contributed by atoms with Gasteiger partial charge in [-0.25, -0.2) is 4.79 Å². The monoisotopic (exact) mass is 532 g/mol. The van der Waals surface area contributed by atoms with E-state index in [0.29, 0.717) is 6.08 Å². The fourth-order valence-corrected chi connectivity index (χ4v) is 1.85. The highest BCUT2D eigenvalue weighted by Gasteiger charge is 2.95. The molecule has 0 aromatic rings. The number of alkyl halides is 17. The Hall–Kier alpha value is -1.98. The van der Waals surface area contributed by atoms with E-state index in [2.05, 4.69) is 4.74 Å². The number of esters is 1. The fraction of sp³-hybridized carbons (Fsp3) is 0.786. The summed E-state index contributed by atoms with van der Waals surface area (Å²) in [5.41, 5.74) is 0. The van der Waals surface area contributed by atoms with Crippen LogP contribution in [0.2, 0.25) is 0 Å². The molecule has 0 radical (unpaired) electrons. The van der Waals surface area contributed by atoms with Crippen molar-refractivity contribution in [3.05, 3.63) is 12.2 Å². The van der Waals surface area contributed by atoms with Gasteiger partial charge in [-0.2, -0.15) is 74.6 Å². The van der Waals surface area contributed by atoms with Crippen LogP contribution in [0.15, 0.2) is 12.2 Å². The number of hydrogen-bond acceptors (Lipinski definition) is 2. The lowest BCUT2D eigenvalue weighted by Crippen LogP contribution is -2.75. The first-order valence-corrected chi connectivity index (χ1v) is 7.67. The molecule has 0 N–H and O–H groups in total. The summed E-state index contributed by atoms with van der Waals surface area (Å²) in [7, 11) is 0. The molecule has 0 spiro atoms. The average Bonchev–Trinajstić information content (AvgIpc) is 2.59. The van der Waals surface area contributed by atoms with Gasteiger partial charge in [0.25, 0.3) is 0 Å². The Labute approximate surface area is 171 Å². The third-order valence-corrected chi connectivity index (χ3v) is 3.85. The van der Waals surface area contributed by atoms with Crippen LogP contribution in [-0.2, 0) is 9.53 Å². The smallest absolute Gasteiger partial charge is 0.453 e. The number of rotatable bonds is 9. The van der Waals surface area contributed by atoms with Crippen LogP contribution in [0, 0.1) is 0 Å². The Kier molecular flexibility index (Phi) is 7.85. The summed E-state index contributed by atoms with van der Waals surface area (Å²) < 4.78 is 226. The molecule has 0 aliphatic carbocycles. The second-order valence-electron chi connectivity index (χ2n) is 6.15. The molecular weight excluding hydrogens is 523 g/mol. The molecule has 0 fully saturated rings. The van der Waals surface area contributed by atoms with Crippen molar-refractivity contribution in [3.63, 3.8) is 0 Å². The van der Waals surface area contributed by atoms with Crippen molar-refractivity contribution in [1.82, 2.24) is 0 Å². The van der Waals surface area contributed by atoms with Gasteiger partial charge < -0.3 is 4.74 Å². The van der Waals surface area contributed by atoms with Crippen molar-refractivity contribution < 1.29 is 84.2 Å². The zero-order chi connectivity index (χ0) is 27.3. The van der Waals surface area contributed by atoms with Crippen LogP contribution in [-0.4, -0.2) is 59.7 Å². The second kappa shape index (κ2) is 8.35. The van der Waals surface area contributed by atoms with Gasteiger partial charge in [0.1, 0.15) is 0 Å². The maximum atomic E-state index is 13.7. The molecule has 0 rings (SSSR count). The van der Waals surface area contributed by atoms with E-state index in [0.717, 1.165) is 6.92 Å². The molecule has 0 aromatic heterocycles. The fourth-order valence-electron chi connectivity index (χ4n) is 1.85. The lowest BCUT2D eigenvalue weighted by molar-refractivity contribution is -0.463. The zero-order valence-corrected chi connectivity index (χ0v) is 15.5. The van der Waals surface area contributed by atoms with Crippen molar-refractivity contribution in [2.45, 2.75) is 67.6 Å². The first-order valence-electron chi connectivity index (χ1n) is 7.67. The van der Waals surface area contributed by atoms with E-state index in [-0.39, 0.29) is 13.0 Å². The summed E-state index contributed by atoms with van der Waals surface area (Å²) >= 11 is 0. The van der Waals surface area contributed by atoms with Crippen LogP contribution >= 0.6 is 0 Å². The second-order valence-corrected chi connectivity index (χ2v) is 6.15. The van der Waals surface area contributed by atoms with Crippen LogP contribution in [0.4, 0.5) is 74.6 Å². The zero-order valence-electron chi connectivity index (χ0n) is 15.5. The Bertz CT molecular complexity index is 749. The summed E-state index contributed by atoms with van der Waals surface area (Å²) in [6.45, 7) is 0.625. The van der Waals surface area contributed by atoms with Crippen LogP contribution in [0.25, 0.3) is 0 Å². The third kappa shape index (κ3) is 4.30. The Morgan fingerprint density at radius 1 is 0.606 bits per heavy atom. The van der Waals surface area contributed by atoms with E-state index in [1.165, 1.54) is 0 Å². The largest absolute Gasteiger partial charge is 0.460 e. The minimum Gasteiger partial charge on any atom is -0.453 e. The van der Waals surface area contributed by atoms with E-state index in [1.807, 2.05) is 0 Å². The molecule has 1 unspecified atom stereocenters. The van der Waals surface area contributed by atoms with E-state index in [9.17, 15) is 79.4 Å². The normalized spacial score (nSPS) is 16.8. The van der Waals surface area contributed by atoms with Gasteiger partial charge >= 0.3 is 53.6 Å². The average molecular weight is 532 g/mol. The van der Waals surface area contributed by atoms with Crippen molar-refractivity contribution in [1.29, 1.82) is 0 Å².